The third-order valence-electron chi connectivity index (χ3n) is 3.13. The Balaban J connectivity index is 2.19. The molecule has 0 amide bonds. The van der Waals surface area contributed by atoms with Crippen LogP contribution in [0, 0.1) is 6.92 Å². The van der Waals surface area contributed by atoms with Crippen molar-refractivity contribution in [2.24, 2.45) is 0 Å². The SMILES string of the molecule is Cc1ccn2c(c1)nc1nc3cc(Cl)ccc3nc12. The van der Waals surface area contributed by atoms with E-state index in [1.54, 1.807) is 6.07 Å². The number of imidazole rings is 1. The molecule has 0 aliphatic heterocycles. The number of aromatic nitrogens is 4. The molecule has 0 saturated heterocycles. The standard InChI is InChI=1S/C14H9ClN4/c1-8-4-5-19-12(6-8)18-13-14(19)17-10-3-2-9(15)7-11(10)16-13/h2-7H,1H3. The van der Waals surface area contributed by atoms with E-state index < -0.39 is 0 Å². The fraction of sp³-hybridized carbons (Fsp3) is 0.0714. The second-order valence-corrected chi connectivity index (χ2v) is 4.98. The van der Waals surface area contributed by atoms with Crippen LogP contribution in [0.4, 0.5) is 0 Å². The van der Waals surface area contributed by atoms with Crippen molar-refractivity contribution in [1.82, 2.24) is 19.4 Å². The molecule has 3 heterocycles. The number of pyridine rings is 1. The van der Waals surface area contributed by atoms with Gasteiger partial charge >= 0.3 is 0 Å². The molecule has 0 spiro atoms. The van der Waals surface area contributed by atoms with E-state index in [2.05, 4.69) is 15.0 Å². The maximum Gasteiger partial charge on any atom is 0.198 e. The Hall–Kier alpha value is -2.20. The van der Waals surface area contributed by atoms with Gasteiger partial charge in [-0.15, -0.1) is 0 Å². The zero-order valence-corrected chi connectivity index (χ0v) is 10.9. The summed E-state index contributed by atoms with van der Waals surface area (Å²) in [6.45, 7) is 2.04. The molecule has 1 aromatic carbocycles. The van der Waals surface area contributed by atoms with E-state index in [0.29, 0.717) is 10.7 Å². The molecule has 92 valence electrons. The van der Waals surface area contributed by atoms with Gasteiger partial charge in [-0.05, 0) is 42.8 Å². The lowest BCUT2D eigenvalue weighted by molar-refractivity contribution is 1.18. The van der Waals surface area contributed by atoms with Crippen molar-refractivity contribution in [3.05, 3.63) is 47.1 Å². The highest BCUT2D eigenvalue weighted by Crippen LogP contribution is 2.20. The molecule has 4 rings (SSSR count). The van der Waals surface area contributed by atoms with Gasteiger partial charge in [-0.25, -0.2) is 15.0 Å². The minimum atomic E-state index is 0.639. The molecule has 0 unspecified atom stereocenters. The Morgan fingerprint density at radius 3 is 2.79 bits per heavy atom. The topological polar surface area (TPSA) is 43.1 Å². The van der Waals surface area contributed by atoms with Gasteiger partial charge < -0.3 is 0 Å². The summed E-state index contributed by atoms with van der Waals surface area (Å²) in [6.07, 6.45) is 1.97. The normalized spacial score (nSPS) is 11.7. The maximum atomic E-state index is 5.98. The maximum absolute atomic E-state index is 5.98. The largest absolute Gasteiger partial charge is 0.283 e. The van der Waals surface area contributed by atoms with Crippen molar-refractivity contribution in [2.45, 2.75) is 6.92 Å². The van der Waals surface area contributed by atoms with E-state index >= 15 is 0 Å². The number of hydrogen-bond acceptors (Lipinski definition) is 3. The number of aryl methyl sites for hydroxylation is 1. The quantitative estimate of drug-likeness (QED) is 0.491. The molecule has 4 nitrogen and oxygen atoms in total. The van der Waals surface area contributed by atoms with E-state index in [4.69, 9.17) is 11.6 Å². The van der Waals surface area contributed by atoms with Gasteiger partial charge in [-0.2, -0.15) is 0 Å². The predicted octanol–water partition coefficient (Wildman–Crippen LogP) is 3.39. The van der Waals surface area contributed by atoms with Crippen molar-refractivity contribution >= 4 is 39.6 Å². The summed E-state index contributed by atoms with van der Waals surface area (Å²) in [4.78, 5) is 13.6. The van der Waals surface area contributed by atoms with Gasteiger partial charge in [0.15, 0.2) is 11.3 Å². The van der Waals surface area contributed by atoms with E-state index in [1.807, 2.05) is 41.8 Å². The fourth-order valence-corrected chi connectivity index (χ4v) is 2.38. The lowest BCUT2D eigenvalue weighted by Crippen LogP contribution is -1.89. The van der Waals surface area contributed by atoms with Crippen LogP contribution in [0.15, 0.2) is 36.5 Å². The molecule has 19 heavy (non-hydrogen) atoms. The van der Waals surface area contributed by atoms with Gasteiger partial charge in [0.25, 0.3) is 0 Å². The van der Waals surface area contributed by atoms with Crippen LogP contribution in [-0.4, -0.2) is 19.4 Å². The Morgan fingerprint density at radius 2 is 1.89 bits per heavy atom. The van der Waals surface area contributed by atoms with Crippen molar-refractivity contribution in [3.8, 4) is 0 Å². The number of hydrogen-bond donors (Lipinski definition) is 0. The molecule has 0 aliphatic rings. The van der Waals surface area contributed by atoms with Crippen LogP contribution >= 0.6 is 11.6 Å². The highest BCUT2D eigenvalue weighted by atomic mass is 35.5. The zero-order chi connectivity index (χ0) is 13.0. The number of nitrogens with zero attached hydrogens (tertiary/aromatic N) is 4. The predicted molar refractivity (Wildman–Crippen MR) is 75.5 cm³/mol. The summed E-state index contributed by atoms with van der Waals surface area (Å²) < 4.78 is 1.95. The highest BCUT2D eigenvalue weighted by Gasteiger charge is 2.09. The number of halogens is 1. The summed E-state index contributed by atoms with van der Waals surface area (Å²) in [6, 6.07) is 9.54. The van der Waals surface area contributed by atoms with Gasteiger partial charge in [0.1, 0.15) is 5.65 Å². The number of benzene rings is 1. The van der Waals surface area contributed by atoms with Crippen molar-refractivity contribution < 1.29 is 0 Å². The second kappa shape index (κ2) is 3.65. The van der Waals surface area contributed by atoms with Crippen LogP contribution in [0.1, 0.15) is 5.56 Å². The summed E-state index contributed by atoms with van der Waals surface area (Å²) in [5.74, 6) is 0. The lowest BCUT2D eigenvalue weighted by Gasteiger charge is -1.98. The Morgan fingerprint density at radius 1 is 1.00 bits per heavy atom. The molecule has 3 aromatic heterocycles. The fourth-order valence-electron chi connectivity index (χ4n) is 2.21. The summed E-state index contributed by atoms with van der Waals surface area (Å²) in [5, 5.41) is 0.653. The average Bonchev–Trinajstić information content (AvgIpc) is 2.72. The first-order valence-corrected chi connectivity index (χ1v) is 6.30. The minimum Gasteiger partial charge on any atom is -0.283 e. The summed E-state index contributed by atoms with van der Waals surface area (Å²) in [5.41, 5.74) is 5.01. The van der Waals surface area contributed by atoms with Gasteiger partial charge in [0, 0.05) is 11.2 Å². The Labute approximate surface area is 113 Å². The van der Waals surface area contributed by atoms with Crippen LogP contribution in [0.3, 0.4) is 0 Å². The third kappa shape index (κ3) is 1.57. The summed E-state index contributed by atoms with van der Waals surface area (Å²) >= 11 is 5.98. The molecule has 0 bridgehead atoms. The molecule has 5 heteroatoms. The average molecular weight is 269 g/mol. The van der Waals surface area contributed by atoms with Crippen molar-refractivity contribution in [1.29, 1.82) is 0 Å². The first-order chi connectivity index (χ1) is 9.20. The van der Waals surface area contributed by atoms with Crippen LogP contribution in [0.25, 0.3) is 28.0 Å². The van der Waals surface area contributed by atoms with E-state index in [1.165, 1.54) is 0 Å². The first kappa shape index (κ1) is 10.7. The van der Waals surface area contributed by atoms with E-state index in [9.17, 15) is 0 Å². The van der Waals surface area contributed by atoms with Gasteiger partial charge in [-0.3, -0.25) is 4.40 Å². The van der Waals surface area contributed by atoms with Crippen LogP contribution < -0.4 is 0 Å². The Kier molecular flexibility index (Phi) is 2.05. The molecular formula is C14H9ClN4. The first-order valence-electron chi connectivity index (χ1n) is 5.92. The number of rotatable bonds is 0. The molecule has 0 N–H and O–H groups in total. The smallest absolute Gasteiger partial charge is 0.198 e. The molecular weight excluding hydrogens is 260 g/mol. The summed E-state index contributed by atoms with van der Waals surface area (Å²) in [7, 11) is 0. The molecule has 4 aromatic rings. The molecule has 0 aliphatic carbocycles. The van der Waals surface area contributed by atoms with Gasteiger partial charge in [0.2, 0.25) is 0 Å². The van der Waals surface area contributed by atoms with Gasteiger partial charge in [-0.1, -0.05) is 11.6 Å². The number of fused-ring (bicyclic) bond motifs is 4. The molecule has 0 radical (unpaired) electrons. The van der Waals surface area contributed by atoms with Crippen LogP contribution in [-0.2, 0) is 0 Å². The third-order valence-corrected chi connectivity index (χ3v) is 3.36. The van der Waals surface area contributed by atoms with E-state index in [-0.39, 0.29) is 0 Å². The van der Waals surface area contributed by atoms with Crippen LogP contribution in [0.2, 0.25) is 5.02 Å². The van der Waals surface area contributed by atoms with Crippen molar-refractivity contribution in [3.63, 3.8) is 0 Å². The molecule has 0 atom stereocenters. The van der Waals surface area contributed by atoms with Crippen molar-refractivity contribution in [2.75, 3.05) is 0 Å². The minimum absolute atomic E-state index is 0.639. The monoisotopic (exact) mass is 268 g/mol. The lowest BCUT2D eigenvalue weighted by atomic mass is 10.3. The second-order valence-electron chi connectivity index (χ2n) is 4.55. The van der Waals surface area contributed by atoms with Gasteiger partial charge in [0.05, 0.1) is 11.0 Å². The molecule has 0 saturated carbocycles. The van der Waals surface area contributed by atoms with Crippen LogP contribution in [0.5, 0.6) is 0 Å². The van der Waals surface area contributed by atoms with E-state index in [0.717, 1.165) is 27.9 Å². The zero-order valence-electron chi connectivity index (χ0n) is 10.1. The molecule has 0 fully saturated rings. The Bertz CT molecular complexity index is 933. The highest BCUT2D eigenvalue weighted by molar-refractivity contribution is 6.31.